The lowest BCUT2D eigenvalue weighted by molar-refractivity contribution is 0.0949. The fraction of sp³-hybridized carbons (Fsp3) is 0.250. The first kappa shape index (κ1) is 26.8. The number of fused-ring (bicyclic) bond motifs is 2. The van der Waals surface area contributed by atoms with E-state index in [1.165, 1.54) is 4.70 Å². The van der Waals surface area contributed by atoms with Crippen LogP contribution in [0.3, 0.4) is 0 Å². The highest BCUT2D eigenvalue weighted by Crippen LogP contribution is 2.34. The zero-order valence-corrected chi connectivity index (χ0v) is 24.0. The Morgan fingerprint density at radius 1 is 1.05 bits per heavy atom. The molecule has 3 aromatic heterocycles. The molecule has 2 aromatic carbocycles. The van der Waals surface area contributed by atoms with Crippen LogP contribution in [0.5, 0.6) is 0 Å². The molecule has 1 fully saturated rings. The van der Waals surface area contributed by atoms with Crippen LogP contribution in [0.2, 0.25) is 5.02 Å². The minimum atomic E-state index is -0.0569. The SMILES string of the molecule is Cc1c(Cl)ccc2sc(N3CCN(CCNC(=O)c4cc(-c5cccs5)nc5ccccc45)CC3)nc12.Cl. The van der Waals surface area contributed by atoms with Gasteiger partial charge in [-0.3, -0.25) is 9.69 Å². The first-order valence-electron chi connectivity index (χ1n) is 12.3. The molecule has 4 heterocycles. The fourth-order valence-electron chi connectivity index (χ4n) is 4.72. The van der Waals surface area contributed by atoms with E-state index in [1.54, 1.807) is 22.7 Å². The lowest BCUT2D eigenvalue weighted by atomic mass is 10.1. The summed E-state index contributed by atoms with van der Waals surface area (Å²) in [7, 11) is 0. The topological polar surface area (TPSA) is 61.4 Å². The number of halogens is 2. The number of benzene rings is 2. The van der Waals surface area contributed by atoms with Crippen LogP contribution in [-0.4, -0.2) is 60.0 Å². The van der Waals surface area contributed by atoms with Gasteiger partial charge in [0, 0.05) is 49.7 Å². The maximum atomic E-state index is 13.2. The summed E-state index contributed by atoms with van der Waals surface area (Å²) in [5, 5.41) is 7.86. The van der Waals surface area contributed by atoms with Gasteiger partial charge in [-0.05, 0) is 48.2 Å². The first-order valence-corrected chi connectivity index (χ1v) is 14.4. The Bertz CT molecular complexity index is 1580. The number of nitrogens with one attached hydrogen (secondary N) is 1. The van der Waals surface area contributed by atoms with E-state index >= 15 is 0 Å². The molecule has 0 bridgehead atoms. The van der Waals surface area contributed by atoms with Crippen LogP contribution in [0.4, 0.5) is 5.13 Å². The standard InChI is InChI=1S/C28H26ClN5OS2.ClH/c1-18-21(29)8-9-25-26(18)32-28(37-25)34-14-12-33(13-15-34)11-10-30-27(35)20-17-23(24-7-4-16-36-24)31-22-6-3-2-5-19(20)22;/h2-9,16-17H,10-15H2,1H3,(H,30,35);1H. The predicted octanol–water partition coefficient (Wildman–Crippen LogP) is 6.51. The second-order valence-electron chi connectivity index (χ2n) is 9.15. The summed E-state index contributed by atoms with van der Waals surface area (Å²) in [6, 6.07) is 17.8. The number of para-hydroxylation sites is 1. The zero-order valence-electron chi connectivity index (χ0n) is 20.8. The number of amides is 1. The molecule has 1 amide bonds. The molecule has 0 aliphatic carbocycles. The number of pyridine rings is 1. The summed E-state index contributed by atoms with van der Waals surface area (Å²) in [6.07, 6.45) is 0. The van der Waals surface area contributed by atoms with Crippen molar-refractivity contribution >= 4 is 78.8 Å². The van der Waals surface area contributed by atoms with Crippen LogP contribution in [0.25, 0.3) is 31.7 Å². The van der Waals surface area contributed by atoms with E-state index in [4.69, 9.17) is 21.6 Å². The average Bonchev–Trinajstić information content (AvgIpc) is 3.62. The van der Waals surface area contributed by atoms with Crippen molar-refractivity contribution in [2.45, 2.75) is 6.92 Å². The summed E-state index contributed by atoms with van der Waals surface area (Å²) < 4.78 is 1.17. The van der Waals surface area contributed by atoms with Gasteiger partial charge >= 0.3 is 0 Å². The van der Waals surface area contributed by atoms with Gasteiger partial charge in [-0.1, -0.05) is 47.2 Å². The molecule has 0 atom stereocenters. The number of anilines is 1. The monoisotopic (exact) mass is 583 g/mol. The highest BCUT2D eigenvalue weighted by Gasteiger charge is 2.21. The van der Waals surface area contributed by atoms with Crippen molar-refractivity contribution in [1.29, 1.82) is 0 Å². The second kappa shape index (κ2) is 11.6. The summed E-state index contributed by atoms with van der Waals surface area (Å²) in [5.74, 6) is -0.0569. The van der Waals surface area contributed by atoms with Crippen LogP contribution < -0.4 is 10.2 Å². The lowest BCUT2D eigenvalue weighted by Crippen LogP contribution is -2.48. The number of hydrogen-bond acceptors (Lipinski definition) is 7. The van der Waals surface area contributed by atoms with Crippen molar-refractivity contribution in [3.05, 3.63) is 76.1 Å². The average molecular weight is 585 g/mol. The minimum absolute atomic E-state index is 0. The van der Waals surface area contributed by atoms with Crippen LogP contribution in [0.15, 0.2) is 60.0 Å². The number of nitrogens with zero attached hydrogens (tertiary/aromatic N) is 4. The Morgan fingerprint density at radius 2 is 1.87 bits per heavy atom. The first-order chi connectivity index (χ1) is 18.1. The molecule has 0 radical (unpaired) electrons. The van der Waals surface area contributed by atoms with Crippen LogP contribution >= 0.6 is 46.7 Å². The van der Waals surface area contributed by atoms with Crippen LogP contribution in [0, 0.1) is 6.92 Å². The molecule has 6 rings (SSSR count). The van der Waals surface area contributed by atoms with Gasteiger partial charge in [0.2, 0.25) is 0 Å². The molecule has 38 heavy (non-hydrogen) atoms. The molecule has 0 unspecified atom stereocenters. The van der Waals surface area contributed by atoms with Gasteiger partial charge in [-0.25, -0.2) is 9.97 Å². The van der Waals surface area contributed by atoms with Crippen molar-refractivity contribution in [3.8, 4) is 10.6 Å². The van der Waals surface area contributed by atoms with E-state index in [-0.39, 0.29) is 18.3 Å². The Kier molecular flexibility index (Phi) is 8.16. The summed E-state index contributed by atoms with van der Waals surface area (Å²) in [4.78, 5) is 28.7. The number of piperazine rings is 1. The molecule has 0 spiro atoms. The zero-order chi connectivity index (χ0) is 25.4. The number of thiophene rings is 1. The van der Waals surface area contributed by atoms with E-state index in [9.17, 15) is 4.79 Å². The minimum Gasteiger partial charge on any atom is -0.351 e. The third kappa shape index (κ3) is 5.37. The normalized spacial score (nSPS) is 14.1. The Balaban J connectivity index is 0.00000294. The second-order valence-corrected chi connectivity index (χ2v) is 11.5. The molecule has 0 saturated carbocycles. The number of carbonyl (C=O) groups is 1. The number of hydrogen-bond donors (Lipinski definition) is 1. The lowest BCUT2D eigenvalue weighted by Gasteiger charge is -2.34. The van der Waals surface area contributed by atoms with Crippen molar-refractivity contribution in [3.63, 3.8) is 0 Å². The summed E-state index contributed by atoms with van der Waals surface area (Å²) in [6.45, 7) is 7.15. The number of rotatable bonds is 6. The number of thiazole rings is 1. The predicted molar refractivity (Wildman–Crippen MR) is 163 cm³/mol. The van der Waals surface area contributed by atoms with Gasteiger partial charge in [-0.2, -0.15) is 0 Å². The van der Waals surface area contributed by atoms with Crippen LogP contribution in [-0.2, 0) is 0 Å². The summed E-state index contributed by atoms with van der Waals surface area (Å²) in [5.41, 5.74) is 4.39. The van der Waals surface area contributed by atoms with Crippen molar-refractivity contribution in [2.75, 3.05) is 44.2 Å². The van der Waals surface area contributed by atoms with Gasteiger partial charge in [0.15, 0.2) is 5.13 Å². The van der Waals surface area contributed by atoms with E-state index in [1.807, 2.05) is 60.8 Å². The molecule has 5 aromatic rings. The molecule has 196 valence electrons. The third-order valence-corrected chi connectivity index (χ3v) is 9.21. The highest BCUT2D eigenvalue weighted by atomic mass is 35.5. The van der Waals surface area contributed by atoms with Gasteiger partial charge in [0.05, 0.1) is 31.9 Å². The van der Waals surface area contributed by atoms with Crippen molar-refractivity contribution < 1.29 is 4.79 Å². The third-order valence-electron chi connectivity index (χ3n) is 6.83. The summed E-state index contributed by atoms with van der Waals surface area (Å²) >= 11 is 9.64. The Morgan fingerprint density at radius 3 is 2.66 bits per heavy atom. The van der Waals surface area contributed by atoms with Gasteiger partial charge < -0.3 is 10.2 Å². The van der Waals surface area contributed by atoms with Crippen molar-refractivity contribution in [2.24, 2.45) is 0 Å². The van der Waals surface area contributed by atoms with Crippen LogP contribution in [0.1, 0.15) is 15.9 Å². The van der Waals surface area contributed by atoms with Crippen molar-refractivity contribution in [1.82, 2.24) is 20.2 Å². The molecule has 1 saturated heterocycles. The highest BCUT2D eigenvalue weighted by molar-refractivity contribution is 7.22. The Hall–Kier alpha value is -2.75. The van der Waals surface area contributed by atoms with Gasteiger partial charge in [-0.15, -0.1) is 23.7 Å². The maximum absolute atomic E-state index is 13.2. The largest absolute Gasteiger partial charge is 0.351 e. The Labute approximate surface area is 240 Å². The van der Waals surface area contributed by atoms with E-state index in [0.717, 1.165) is 75.4 Å². The number of aromatic nitrogens is 2. The van der Waals surface area contributed by atoms with Gasteiger partial charge in [0.1, 0.15) is 0 Å². The number of aryl methyl sites for hydroxylation is 1. The van der Waals surface area contributed by atoms with E-state index in [0.29, 0.717) is 12.1 Å². The molecule has 6 nitrogen and oxygen atoms in total. The molecule has 1 N–H and O–H groups in total. The van der Waals surface area contributed by atoms with E-state index < -0.39 is 0 Å². The molecular weight excluding hydrogens is 557 g/mol. The molecule has 10 heteroatoms. The van der Waals surface area contributed by atoms with E-state index in [2.05, 4.69) is 21.2 Å². The smallest absolute Gasteiger partial charge is 0.252 e. The molecule has 1 aliphatic rings. The molecule has 1 aliphatic heterocycles. The maximum Gasteiger partial charge on any atom is 0.252 e. The molecular formula is C28H27Cl2N5OS2. The number of carbonyl (C=O) groups excluding carboxylic acids is 1. The van der Waals surface area contributed by atoms with Gasteiger partial charge in [0.25, 0.3) is 5.91 Å². The quantitative estimate of drug-likeness (QED) is 0.247. The fourth-order valence-corrected chi connectivity index (χ4v) is 6.64.